The summed E-state index contributed by atoms with van der Waals surface area (Å²) in [5, 5.41) is 8.29. The number of carbonyl (C=O) groups is 1. The summed E-state index contributed by atoms with van der Waals surface area (Å²) < 4.78 is 7.33. The third-order valence-electron chi connectivity index (χ3n) is 4.46. The summed E-state index contributed by atoms with van der Waals surface area (Å²) in [6.07, 6.45) is 2.06. The first-order valence-corrected chi connectivity index (χ1v) is 8.71. The molecule has 1 fully saturated rings. The van der Waals surface area contributed by atoms with Crippen molar-refractivity contribution in [1.29, 1.82) is 0 Å². The highest BCUT2D eigenvalue weighted by molar-refractivity contribution is 5.93. The second-order valence-corrected chi connectivity index (χ2v) is 6.63. The first kappa shape index (κ1) is 20.2. The lowest BCUT2D eigenvalue weighted by Crippen LogP contribution is -2.40. The van der Waals surface area contributed by atoms with Crippen molar-refractivity contribution < 1.29 is 9.53 Å². The molecule has 1 aromatic heterocycles. The third-order valence-corrected chi connectivity index (χ3v) is 4.46. The Morgan fingerprint density at radius 3 is 2.65 bits per heavy atom. The van der Waals surface area contributed by atoms with Crippen LogP contribution in [0.5, 0.6) is 5.75 Å². The van der Waals surface area contributed by atoms with E-state index in [4.69, 9.17) is 10.5 Å². The molecule has 2 aromatic rings. The summed E-state index contributed by atoms with van der Waals surface area (Å²) in [6.45, 7) is 7.05. The number of hydrogen-bond acceptors (Lipinski definition) is 5. The lowest BCUT2D eigenvalue weighted by atomic mass is 10.2. The number of hydrogen-bond donors (Lipinski definition) is 1. The fourth-order valence-corrected chi connectivity index (χ4v) is 3.19. The molecule has 142 valence electrons. The largest absolute Gasteiger partial charge is 0.491 e. The van der Waals surface area contributed by atoms with Crippen molar-refractivity contribution in [2.75, 3.05) is 13.1 Å². The first-order chi connectivity index (χ1) is 12.0. The molecule has 1 saturated heterocycles. The van der Waals surface area contributed by atoms with Gasteiger partial charge in [-0.25, -0.2) is 4.68 Å². The Morgan fingerprint density at radius 1 is 1.35 bits per heavy atom. The van der Waals surface area contributed by atoms with Gasteiger partial charge in [0.05, 0.1) is 17.5 Å². The van der Waals surface area contributed by atoms with Crippen molar-refractivity contribution >= 4 is 18.3 Å². The molecule has 1 aliphatic rings. The number of amides is 1. The van der Waals surface area contributed by atoms with E-state index in [1.54, 1.807) is 4.68 Å². The van der Waals surface area contributed by atoms with Crippen molar-refractivity contribution in [1.82, 2.24) is 19.9 Å². The average molecular weight is 380 g/mol. The minimum absolute atomic E-state index is 0. The standard InChI is InChI=1S/C18H25N5O2.ClH/c1-12(2)25-16-8-6-14(7-9-16)23-13(3)17(20-21-23)18(24)22-10-4-5-15(22)11-19;/h6-9,12,15H,4-5,10-11,19H2,1-3H3;1H. The highest BCUT2D eigenvalue weighted by Gasteiger charge is 2.31. The normalized spacial score (nSPS) is 16.7. The number of likely N-dealkylation sites (tertiary alicyclic amines) is 1. The van der Waals surface area contributed by atoms with Gasteiger partial charge in [-0.05, 0) is 57.9 Å². The van der Waals surface area contributed by atoms with Gasteiger partial charge in [-0.3, -0.25) is 4.79 Å². The van der Waals surface area contributed by atoms with Gasteiger partial charge in [0.2, 0.25) is 0 Å². The van der Waals surface area contributed by atoms with Crippen molar-refractivity contribution in [3.63, 3.8) is 0 Å². The van der Waals surface area contributed by atoms with E-state index in [2.05, 4.69) is 10.3 Å². The Morgan fingerprint density at radius 2 is 2.04 bits per heavy atom. The molecule has 0 spiro atoms. The number of nitrogens with two attached hydrogens (primary N) is 1. The predicted octanol–water partition coefficient (Wildman–Crippen LogP) is 2.35. The smallest absolute Gasteiger partial charge is 0.276 e. The molecule has 2 N–H and O–H groups in total. The SMILES string of the molecule is Cc1c(C(=O)N2CCCC2CN)nnn1-c1ccc(OC(C)C)cc1.Cl. The Balaban J connectivity index is 0.00000243. The van der Waals surface area contributed by atoms with Gasteiger partial charge in [-0.15, -0.1) is 17.5 Å². The number of halogens is 1. The molecule has 26 heavy (non-hydrogen) atoms. The van der Waals surface area contributed by atoms with Crippen LogP contribution in [0, 0.1) is 6.92 Å². The van der Waals surface area contributed by atoms with Crippen LogP contribution in [0.15, 0.2) is 24.3 Å². The van der Waals surface area contributed by atoms with Gasteiger partial charge >= 0.3 is 0 Å². The number of ether oxygens (including phenoxy) is 1. The molecule has 0 saturated carbocycles. The van der Waals surface area contributed by atoms with E-state index in [-0.39, 0.29) is 30.5 Å². The minimum Gasteiger partial charge on any atom is -0.491 e. The molecule has 1 aliphatic heterocycles. The lowest BCUT2D eigenvalue weighted by Gasteiger charge is -2.22. The topological polar surface area (TPSA) is 86.3 Å². The van der Waals surface area contributed by atoms with Gasteiger partial charge in [0.15, 0.2) is 5.69 Å². The van der Waals surface area contributed by atoms with Crippen molar-refractivity contribution in [2.24, 2.45) is 5.73 Å². The molecule has 1 atom stereocenters. The second kappa shape index (κ2) is 8.51. The number of nitrogens with zero attached hydrogens (tertiary/aromatic N) is 4. The third kappa shape index (κ3) is 3.99. The van der Waals surface area contributed by atoms with E-state index in [0.29, 0.717) is 12.2 Å². The van der Waals surface area contributed by atoms with Gasteiger partial charge in [0.25, 0.3) is 5.91 Å². The fourth-order valence-electron chi connectivity index (χ4n) is 3.19. The molecule has 1 amide bonds. The zero-order valence-corrected chi connectivity index (χ0v) is 16.2. The van der Waals surface area contributed by atoms with Crippen LogP contribution in [-0.2, 0) is 0 Å². The molecule has 0 bridgehead atoms. The van der Waals surface area contributed by atoms with Crippen molar-refractivity contribution in [3.05, 3.63) is 35.7 Å². The van der Waals surface area contributed by atoms with Gasteiger partial charge < -0.3 is 15.4 Å². The van der Waals surface area contributed by atoms with E-state index in [9.17, 15) is 4.79 Å². The highest BCUT2D eigenvalue weighted by Crippen LogP contribution is 2.22. The predicted molar refractivity (Wildman–Crippen MR) is 102 cm³/mol. The zero-order valence-electron chi connectivity index (χ0n) is 15.4. The number of aromatic nitrogens is 3. The summed E-state index contributed by atoms with van der Waals surface area (Å²) >= 11 is 0. The van der Waals surface area contributed by atoms with Crippen LogP contribution in [0.25, 0.3) is 5.69 Å². The lowest BCUT2D eigenvalue weighted by molar-refractivity contribution is 0.0734. The van der Waals surface area contributed by atoms with Crippen LogP contribution in [0.4, 0.5) is 0 Å². The summed E-state index contributed by atoms with van der Waals surface area (Å²) in [4.78, 5) is 14.6. The Labute approximate surface area is 159 Å². The minimum atomic E-state index is -0.0866. The van der Waals surface area contributed by atoms with Crippen LogP contribution in [0.2, 0.25) is 0 Å². The van der Waals surface area contributed by atoms with Gasteiger partial charge in [-0.2, -0.15) is 0 Å². The maximum atomic E-state index is 12.8. The van der Waals surface area contributed by atoms with Crippen molar-refractivity contribution in [2.45, 2.75) is 45.8 Å². The monoisotopic (exact) mass is 379 g/mol. The van der Waals surface area contributed by atoms with Crippen LogP contribution in [0.1, 0.15) is 42.9 Å². The Kier molecular flexibility index (Phi) is 6.61. The fraction of sp³-hybridized carbons (Fsp3) is 0.500. The van der Waals surface area contributed by atoms with Crippen LogP contribution < -0.4 is 10.5 Å². The summed E-state index contributed by atoms with van der Waals surface area (Å²) in [7, 11) is 0. The van der Waals surface area contributed by atoms with Gasteiger partial charge in [-0.1, -0.05) is 5.21 Å². The molecular formula is C18H26ClN5O2. The van der Waals surface area contributed by atoms with E-state index < -0.39 is 0 Å². The first-order valence-electron chi connectivity index (χ1n) is 8.71. The molecule has 0 radical (unpaired) electrons. The Bertz CT molecular complexity index is 745. The van der Waals surface area contributed by atoms with Gasteiger partial charge in [0.1, 0.15) is 5.75 Å². The van der Waals surface area contributed by atoms with E-state index in [1.807, 2.05) is 49.9 Å². The summed E-state index contributed by atoms with van der Waals surface area (Å²) in [6, 6.07) is 7.70. The molecule has 1 unspecified atom stereocenters. The molecule has 3 rings (SSSR count). The quantitative estimate of drug-likeness (QED) is 0.861. The van der Waals surface area contributed by atoms with E-state index in [1.165, 1.54) is 0 Å². The molecular weight excluding hydrogens is 354 g/mol. The van der Waals surface area contributed by atoms with Gasteiger partial charge in [0, 0.05) is 19.1 Å². The maximum Gasteiger partial charge on any atom is 0.276 e. The zero-order chi connectivity index (χ0) is 18.0. The molecule has 7 nitrogen and oxygen atoms in total. The highest BCUT2D eigenvalue weighted by atomic mass is 35.5. The molecule has 0 aliphatic carbocycles. The molecule has 8 heteroatoms. The number of benzene rings is 1. The average Bonchev–Trinajstić information content (AvgIpc) is 3.21. The van der Waals surface area contributed by atoms with E-state index >= 15 is 0 Å². The Hall–Kier alpha value is -2.12. The number of rotatable bonds is 5. The molecule has 2 heterocycles. The van der Waals surface area contributed by atoms with Crippen LogP contribution >= 0.6 is 12.4 Å². The maximum absolute atomic E-state index is 12.8. The molecule has 1 aromatic carbocycles. The van der Waals surface area contributed by atoms with Crippen LogP contribution in [0.3, 0.4) is 0 Å². The summed E-state index contributed by atoms with van der Waals surface area (Å²) in [5.74, 6) is 0.715. The number of carbonyl (C=O) groups excluding carboxylic acids is 1. The summed E-state index contributed by atoms with van der Waals surface area (Å²) in [5.41, 5.74) is 7.74. The van der Waals surface area contributed by atoms with Crippen LogP contribution in [-0.4, -0.2) is 51.0 Å². The van der Waals surface area contributed by atoms with Crippen molar-refractivity contribution in [3.8, 4) is 11.4 Å². The second-order valence-electron chi connectivity index (χ2n) is 6.63. The van der Waals surface area contributed by atoms with E-state index in [0.717, 1.165) is 36.5 Å².